The largest absolute Gasteiger partial charge is 0.476 e. The lowest BCUT2D eigenvalue weighted by Crippen LogP contribution is -2.14. The minimum atomic E-state index is 0.528. The number of allylic oxidation sites excluding steroid dienone is 1. The molecular weight excluding hydrogens is 352 g/mol. The van der Waals surface area contributed by atoms with Gasteiger partial charge < -0.3 is 9.64 Å². The Bertz CT molecular complexity index is 978. The summed E-state index contributed by atoms with van der Waals surface area (Å²) in [7, 11) is 1.98. The van der Waals surface area contributed by atoms with Crippen molar-refractivity contribution in [3.63, 3.8) is 0 Å². The van der Waals surface area contributed by atoms with Gasteiger partial charge in [-0.15, -0.1) is 11.7 Å². The molecule has 0 atom stereocenters. The third kappa shape index (κ3) is 4.36. The molecule has 1 aromatic carbocycles. The number of benzene rings is 1. The smallest absolute Gasteiger partial charge is 0.240 e. The quantitative estimate of drug-likeness (QED) is 0.243. The van der Waals surface area contributed by atoms with Crippen LogP contribution < -0.4 is 4.74 Å². The molecule has 28 heavy (non-hydrogen) atoms. The highest BCUT2D eigenvalue weighted by Crippen LogP contribution is 2.30. The van der Waals surface area contributed by atoms with E-state index in [0.29, 0.717) is 12.5 Å². The van der Waals surface area contributed by atoms with E-state index in [-0.39, 0.29) is 0 Å². The van der Waals surface area contributed by atoms with Gasteiger partial charge in [0.2, 0.25) is 5.88 Å². The fourth-order valence-electron chi connectivity index (χ4n) is 2.64. The van der Waals surface area contributed by atoms with Crippen LogP contribution in [0.4, 0.5) is 5.69 Å². The molecule has 0 radical (unpaired) electrons. The lowest BCUT2D eigenvalue weighted by atomic mass is 10.2. The second kappa shape index (κ2) is 9.12. The molecule has 0 aliphatic heterocycles. The van der Waals surface area contributed by atoms with E-state index in [1.165, 1.54) is 0 Å². The average Bonchev–Trinajstić information content (AvgIpc) is 3.14. The zero-order valence-corrected chi connectivity index (χ0v) is 16.7. The van der Waals surface area contributed by atoms with E-state index in [9.17, 15) is 0 Å². The van der Waals surface area contributed by atoms with Crippen LogP contribution in [0.5, 0.6) is 5.88 Å². The molecule has 3 aromatic rings. The van der Waals surface area contributed by atoms with Gasteiger partial charge in [0.15, 0.2) is 0 Å². The first-order chi connectivity index (χ1) is 13.6. The molecule has 3 rings (SSSR count). The molecular formula is C21H26N6O. The summed E-state index contributed by atoms with van der Waals surface area (Å²) in [5, 5.41) is 8.58. The van der Waals surface area contributed by atoms with Crippen molar-refractivity contribution in [2.45, 2.75) is 26.7 Å². The number of para-hydroxylation sites is 1. The van der Waals surface area contributed by atoms with Crippen molar-refractivity contribution in [3.8, 4) is 11.6 Å². The Morgan fingerprint density at radius 1 is 1.32 bits per heavy atom. The first-order valence-corrected chi connectivity index (χ1v) is 9.44. The molecule has 0 saturated carbocycles. The van der Waals surface area contributed by atoms with Crippen LogP contribution in [0.25, 0.3) is 16.7 Å². The van der Waals surface area contributed by atoms with Crippen LogP contribution in [0.2, 0.25) is 0 Å². The monoisotopic (exact) mass is 378 g/mol. The molecule has 0 unspecified atom stereocenters. The van der Waals surface area contributed by atoms with Gasteiger partial charge in [0.1, 0.15) is 11.2 Å². The van der Waals surface area contributed by atoms with Crippen molar-refractivity contribution in [1.29, 1.82) is 0 Å². The maximum Gasteiger partial charge on any atom is 0.240 e. The number of aryl methyl sites for hydroxylation is 1. The summed E-state index contributed by atoms with van der Waals surface area (Å²) < 4.78 is 7.74. The van der Waals surface area contributed by atoms with Gasteiger partial charge >= 0.3 is 0 Å². The van der Waals surface area contributed by atoms with Gasteiger partial charge in [-0.05, 0) is 44.9 Å². The maximum atomic E-state index is 5.98. The summed E-state index contributed by atoms with van der Waals surface area (Å²) in [6.07, 6.45) is 5.46. The number of hydrogen-bond acceptors (Lipinski definition) is 5. The number of aromatic nitrogens is 4. The normalized spacial score (nSPS) is 11.2. The fourth-order valence-corrected chi connectivity index (χ4v) is 2.64. The standard InChI is InChI=1S/C21H26N6O/c1-5-7-10-13-28-21-20(27-19-12-9-8-11-17(19)24-25-27)14-18(16(3)23-21)22-15-26(4)6-2/h5,8-9,11-12,14-15H,1,6-7,10,13H2,2-4H3/b22-15+. The minimum Gasteiger partial charge on any atom is -0.476 e. The van der Waals surface area contributed by atoms with Gasteiger partial charge in [0.05, 0.1) is 29.8 Å². The van der Waals surface area contributed by atoms with E-state index in [4.69, 9.17) is 4.74 Å². The van der Waals surface area contributed by atoms with Gasteiger partial charge in [0.25, 0.3) is 0 Å². The summed E-state index contributed by atoms with van der Waals surface area (Å²) in [4.78, 5) is 11.3. The first-order valence-electron chi connectivity index (χ1n) is 9.44. The zero-order chi connectivity index (χ0) is 19.9. The number of nitrogens with zero attached hydrogens (tertiary/aromatic N) is 6. The number of hydrogen-bond donors (Lipinski definition) is 0. The fraction of sp³-hybridized carbons (Fsp3) is 0.333. The van der Waals surface area contributed by atoms with E-state index in [1.807, 2.05) is 55.3 Å². The molecule has 0 aliphatic rings. The average molecular weight is 378 g/mol. The minimum absolute atomic E-state index is 0.528. The third-order valence-corrected chi connectivity index (χ3v) is 4.40. The summed E-state index contributed by atoms with van der Waals surface area (Å²) >= 11 is 0. The molecule has 0 spiro atoms. The lowest BCUT2D eigenvalue weighted by molar-refractivity contribution is 0.298. The predicted octanol–water partition coefficient (Wildman–Crippen LogP) is 4.08. The lowest BCUT2D eigenvalue weighted by Gasteiger charge is -2.14. The summed E-state index contributed by atoms with van der Waals surface area (Å²) in [5.74, 6) is 0.528. The van der Waals surface area contributed by atoms with Gasteiger partial charge in [0, 0.05) is 13.6 Å². The second-order valence-corrected chi connectivity index (χ2v) is 6.50. The Hall–Kier alpha value is -3.22. The number of fused-ring (bicyclic) bond motifs is 1. The van der Waals surface area contributed by atoms with Gasteiger partial charge in [-0.3, -0.25) is 0 Å². The maximum absolute atomic E-state index is 5.98. The van der Waals surface area contributed by atoms with Crippen LogP contribution in [0, 0.1) is 6.92 Å². The van der Waals surface area contributed by atoms with Crippen molar-refractivity contribution in [1.82, 2.24) is 24.9 Å². The van der Waals surface area contributed by atoms with Crippen molar-refractivity contribution in [2.75, 3.05) is 20.2 Å². The topological polar surface area (TPSA) is 68.4 Å². The number of rotatable bonds is 9. The molecule has 2 heterocycles. The third-order valence-electron chi connectivity index (χ3n) is 4.40. The van der Waals surface area contributed by atoms with Crippen molar-refractivity contribution >= 4 is 23.1 Å². The summed E-state index contributed by atoms with van der Waals surface area (Å²) in [6, 6.07) is 9.76. The Morgan fingerprint density at radius 3 is 2.93 bits per heavy atom. The molecule has 7 nitrogen and oxygen atoms in total. The highest BCUT2D eigenvalue weighted by Gasteiger charge is 2.16. The molecule has 7 heteroatoms. The first kappa shape index (κ1) is 19.5. The second-order valence-electron chi connectivity index (χ2n) is 6.50. The molecule has 0 aliphatic carbocycles. The van der Waals surface area contributed by atoms with Crippen LogP contribution in [0.3, 0.4) is 0 Å². The number of ether oxygens (including phenoxy) is 1. The molecule has 146 valence electrons. The van der Waals surface area contributed by atoms with E-state index in [0.717, 1.165) is 47.5 Å². The molecule has 0 N–H and O–H groups in total. The predicted molar refractivity (Wildman–Crippen MR) is 113 cm³/mol. The van der Waals surface area contributed by atoms with E-state index in [1.54, 1.807) is 11.0 Å². The Morgan fingerprint density at radius 2 is 2.14 bits per heavy atom. The highest BCUT2D eigenvalue weighted by molar-refractivity contribution is 5.77. The van der Waals surface area contributed by atoms with Gasteiger partial charge in [-0.25, -0.2) is 14.7 Å². The van der Waals surface area contributed by atoms with Crippen molar-refractivity contribution in [3.05, 3.63) is 48.7 Å². The molecule has 0 bridgehead atoms. The van der Waals surface area contributed by atoms with E-state index in [2.05, 4.69) is 33.8 Å². The van der Waals surface area contributed by atoms with Gasteiger partial charge in [-0.1, -0.05) is 23.4 Å². The van der Waals surface area contributed by atoms with E-state index >= 15 is 0 Å². The zero-order valence-electron chi connectivity index (χ0n) is 16.7. The molecule has 0 saturated heterocycles. The van der Waals surface area contributed by atoms with E-state index < -0.39 is 0 Å². The summed E-state index contributed by atoms with van der Waals surface area (Å²) in [5.41, 5.74) is 4.01. The SMILES string of the molecule is C=CCCCOc1nc(C)c(/N=C/N(C)CC)cc1-n1nnc2ccccc21. The Balaban J connectivity index is 2.05. The van der Waals surface area contributed by atoms with Crippen LogP contribution in [-0.2, 0) is 0 Å². The molecule has 2 aromatic heterocycles. The summed E-state index contributed by atoms with van der Waals surface area (Å²) in [6.45, 7) is 9.19. The Kier molecular flexibility index (Phi) is 6.37. The Labute approximate surface area is 165 Å². The van der Waals surface area contributed by atoms with Crippen LogP contribution in [0.15, 0.2) is 48.0 Å². The van der Waals surface area contributed by atoms with Crippen LogP contribution in [0.1, 0.15) is 25.5 Å². The van der Waals surface area contributed by atoms with Crippen LogP contribution in [-0.4, -0.2) is 51.4 Å². The van der Waals surface area contributed by atoms with Gasteiger partial charge in [-0.2, -0.15) is 0 Å². The van der Waals surface area contributed by atoms with Crippen molar-refractivity contribution < 1.29 is 4.74 Å². The number of unbranched alkanes of at least 4 members (excludes halogenated alkanes) is 1. The molecule has 0 fully saturated rings. The molecule has 0 amide bonds. The highest BCUT2D eigenvalue weighted by atomic mass is 16.5. The number of aliphatic imine (C=N–C) groups is 1. The van der Waals surface area contributed by atoms with Crippen LogP contribution >= 0.6 is 0 Å². The van der Waals surface area contributed by atoms with Crippen molar-refractivity contribution in [2.24, 2.45) is 4.99 Å². The number of pyridine rings is 1.